The van der Waals surface area contributed by atoms with Crippen LogP contribution in [0, 0.1) is 0 Å². The number of carbonyl (C=O) groups is 2. The van der Waals surface area contributed by atoms with Gasteiger partial charge in [-0.2, -0.15) is 26.3 Å². The fraction of sp³-hybridized carbons (Fsp3) is 0.273. The van der Waals surface area contributed by atoms with Crippen LogP contribution in [-0.4, -0.2) is 35.9 Å². The van der Waals surface area contributed by atoms with Gasteiger partial charge in [-0.15, -0.1) is 0 Å². The van der Waals surface area contributed by atoms with Crippen LogP contribution < -0.4 is 4.90 Å². The molecule has 0 spiro atoms. The van der Waals surface area contributed by atoms with Crippen molar-refractivity contribution in [1.82, 2.24) is 0 Å². The van der Waals surface area contributed by atoms with Gasteiger partial charge in [-0.1, -0.05) is 11.6 Å². The maximum Gasteiger partial charge on any atom is 0.471 e. The van der Waals surface area contributed by atoms with Crippen molar-refractivity contribution in [2.24, 2.45) is 0 Å². The van der Waals surface area contributed by atoms with Crippen LogP contribution in [0.25, 0.3) is 0 Å². The molecule has 0 saturated carbocycles. The maximum absolute atomic E-state index is 12.5. The minimum absolute atomic E-state index is 0.331. The first kappa shape index (κ1) is 18.1. The summed E-state index contributed by atoms with van der Waals surface area (Å²) in [6.45, 7) is -2.31. The number of rotatable bonds is 3. The Morgan fingerprint density at radius 1 is 1.14 bits per heavy atom. The second-order valence-electron chi connectivity index (χ2n) is 3.97. The second-order valence-corrected chi connectivity index (χ2v) is 4.41. The first-order chi connectivity index (χ1) is 9.83. The number of hydrogen-bond donors (Lipinski definition) is 1. The van der Waals surface area contributed by atoms with E-state index in [0.29, 0.717) is 12.1 Å². The van der Waals surface area contributed by atoms with Gasteiger partial charge in [0.2, 0.25) is 0 Å². The first-order valence-electron chi connectivity index (χ1n) is 5.31. The smallest absolute Gasteiger partial charge is 0.471 e. The van der Waals surface area contributed by atoms with Crippen molar-refractivity contribution < 1.29 is 41.0 Å². The van der Waals surface area contributed by atoms with Crippen molar-refractivity contribution >= 4 is 29.2 Å². The summed E-state index contributed by atoms with van der Waals surface area (Å²) in [5.74, 6) is -4.66. The van der Waals surface area contributed by atoms with E-state index in [1.54, 1.807) is 0 Å². The molecule has 1 amide bonds. The van der Waals surface area contributed by atoms with Crippen LogP contribution in [-0.2, 0) is 4.79 Å². The van der Waals surface area contributed by atoms with Crippen LogP contribution in [0.5, 0.6) is 0 Å². The number of amides is 1. The summed E-state index contributed by atoms with van der Waals surface area (Å²) in [6.07, 6.45) is -10.8. The number of carbonyl (C=O) groups excluding carboxylic acids is 1. The molecule has 1 aromatic carbocycles. The van der Waals surface area contributed by atoms with E-state index in [1.165, 1.54) is 0 Å². The van der Waals surface area contributed by atoms with E-state index < -0.39 is 46.9 Å². The number of alkyl halides is 6. The highest BCUT2D eigenvalue weighted by molar-refractivity contribution is 6.31. The zero-order chi connectivity index (χ0) is 17.3. The zero-order valence-corrected chi connectivity index (χ0v) is 11.1. The fourth-order valence-electron chi connectivity index (χ4n) is 1.51. The lowest BCUT2D eigenvalue weighted by molar-refractivity contribution is -0.174. The van der Waals surface area contributed by atoms with Gasteiger partial charge in [0.25, 0.3) is 0 Å². The summed E-state index contributed by atoms with van der Waals surface area (Å²) in [5, 5.41) is 8.51. The van der Waals surface area contributed by atoms with Crippen LogP contribution in [0.3, 0.4) is 0 Å². The maximum atomic E-state index is 12.5. The third-order valence-electron chi connectivity index (χ3n) is 2.31. The van der Waals surface area contributed by atoms with Crippen molar-refractivity contribution in [2.75, 3.05) is 11.4 Å². The molecule has 1 rings (SSSR count). The molecule has 0 atom stereocenters. The van der Waals surface area contributed by atoms with E-state index in [0.717, 1.165) is 6.07 Å². The van der Waals surface area contributed by atoms with Crippen molar-refractivity contribution in [3.63, 3.8) is 0 Å². The molecule has 1 N–H and O–H groups in total. The van der Waals surface area contributed by atoms with Crippen molar-refractivity contribution in [2.45, 2.75) is 12.4 Å². The average molecular weight is 350 g/mol. The Kier molecular flexibility index (Phi) is 4.96. The van der Waals surface area contributed by atoms with Crippen LogP contribution in [0.1, 0.15) is 10.4 Å². The molecule has 0 aromatic heterocycles. The van der Waals surface area contributed by atoms with Gasteiger partial charge in [-0.3, -0.25) is 9.69 Å². The number of nitrogens with zero attached hydrogens (tertiary/aromatic N) is 1. The molecule has 22 heavy (non-hydrogen) atoms. The lowest BCUT2D eigenvalue weighted by Gasteiger charge is -2.26. The molecule has 4 nitrogen and oxygen atoms in total. The molecule has 0 fully saturated rings. The number of carboxylic acids is 1. The number of benzene rings is 1. The molecule has 0 aliphatic carbocycles. The second kappa shape index (κ2) is 6.03. The lowest BCUT2D eigenvalue weighted by atomic mass is 10.1. The van der Waals surface area contributed by atoms with Crippen LogP contribution in [0.15, 0.2) is 18.2 Å². The Balaban J connectivity index is 3.48. The quantitative estimate of drug-likeness (QED) is 0.850. The van der Waals surface area contributed by atoms with Gasteiger partial charge in [0, 0.05) is 5.02 Å². The van der Waals surface area contributed by atoms with E-state index in [1.807, 2.05) is 0 Å². The number of halogens is 7. The highest BCUT2D eigenvalue weighted by Crippen LogP contribution is 2.32. The standard InChI is InChI=1S/C11H6ClF6NO3/c12-5-1-2-6(8(20)21)7(3-5)19(4-10(13,14)15)9(22)11(16,17)18/h1-3H,4H2,(H,20,21). The van der Waals surface area contributed by atoms with Gasteiger partial charge in [0.1, 0.15) is 6.54 Å². The number of hydrogen-bond acceptors (Lipinski definition) is 2. The van der Waals surface area contributed by atoms with Gasteiger partial charge in [-0.25, -0.2) is 4.79 Å². The molecule has 0 aliphatic heterocycles. The van der Waals surface area contributed by atoms with Gasteiger partial charge in [-0.05, 0) is 18.2 Å². The monoisotopic (exact) mass is 349 g/mol. The summed E-state index contributed by atoms with van der Waals surface area (Å²) < 4.78 is 74.7. The van der Waals surface area contributed by atoms with Crippen LogP contribution >= 0.6 is 11.6 Å². The van der Waals surface area contributed by atoms with Gasteiger partial charge in [0.05, 0.1) is 11.3 Å². The predicted molar refractivity (Wildman–Crippen MR) is 62.9 cm³/mol. The Bertz CT molecular complexity index is 598. The topological polar surface area (TPSA) is 57.6 Å². The third kappa shape index (κ3) is 4.52. The molecule has 0 bridgehead atoms. The van der Waals surface area contributed by atoms with Crippen molar-refractivity contribution in [3.8, 4) is 0 Å². The number of carboxylic acid groups (broad SMARTS) is 1. The van der Waals surface area contributed by atoms with Crippen molar-refractivity contribution in [1.29, 1.82) is 0 Å². The fourth-order valence-corrected chi connectivity index (χ4v) is 1.67. The molecular formula is C11H6ClF6NO3. The van der Waals surface area contributed by atoms with E-state index in [-0.39, 0.29) is 5.02 Å². The third-order valence-corrected chi connectivity index (χ3v) is 2.54. The van der Waals surface area contributed by atoms with Gasteiger partial charge >= 0.3 is 24.2 Å². The molecule has 122 valence electrons. The Morgan fingerprint density at radius 3 is 2.09 bits per heavy atom. The van der Waals surface area contributed by atoms with E-state index in [9.17, 15) is 35.9 Å². The van der Waals surface area contributed by atoms with E-state index >= 15 is 0 Å². The molecule has 1 aromatic rings. The summed E-state index contributed by atoms with van der Waals surface area (Å²) in [5.41, 5.74) is -2.02. The molecule has 11 heteroatoms. The Labute approximate surface area is 123 Å². The summed E-state index contributed by atoms with van der Waals surface area (Å²) in [6, 6.07) is 2.20. The van der Waals surface area contributed by atoms with Gasteiger partial charge in [0.15, 0.2) is 0 Å². The number of aromatic carboxylic acids is 1. The summed E-state index contributed by atoms with van der Waals surface area (Å²) in [4.78, 5) is 21.4. The van der Waals surface area contributed by atoms with Crippen LogP contribution in [0.2, 0.25) is 5.02 Å². The summed E-state index contributed by atoms with van der Waals surface area (Å²) >= 11 is 5.46. The first-order valence-corrected chi connectivity index (χ1v) is 5.69. The van der Waals surface area contributed by atoms with Gasteiger partial charge < -0.3 is 5.11 Å². The lowest BCUT2D eigenvalue weighted by Crippen LogP contribution is -2.46. The molecule has 0 heterocycles. The molecule has 0 unspecified atom stereocenters. The molecule has 0 radical (unpaired) electrons. The Morgan fingerprint density at radius 2 is 1.68 bits per heavy atom. The molecule has 0 saturated heterocycles. The zero-order valence-electron chi connectivity index (χ0n) is 10.3. The van der Waals surface area contributed by atoms with E-state index in [2.05, 4.69) is 0 Å². The minimum atomic E-state index is -5.62. The molecule has 0 aliphatic rings. The Hall–Kier alpha value is -1.97. The number of anilines is 1. The minimum Gasteiger partial charge on any atom is -0.478 e. The van der Waals surface area contributed by atoms with Crippen LogP contribution in [0.4, 0.5) is 32.0 Å². The van der Waals surface area contributed by atoms with Crippen molar-refractivity contribution in [3.05, 3.63) is 28.8 Å². The SMILES string of the molecule is O=C(O)c1ccc(Cl)cc1N(CC(F)(F)F)C(=O)C(F)(F)F. The largest absolute Gasteiger partial charge is 0.478 e. The highest BCUT2D eigenvalue weighted by atomic mass is 35.5. The average Bonchev–Trinajstić information content (AvgIpc) is 2.32. The summed E-state index contributed by atoms with van der Waals surface area (Å²) in [7, 11) is 0. The highest BCUT2D eigenvalue weighted by Gasteiger charge is 2.47. The normalized spacial score (nSPS) is 12.1. The van der Waals surface area contributed by atoms with E-state index in [4.69, 9.17) is 16.7 Å². The molecular weight excluding hydrogens is 344 g/mol. The predicted octanol–water partition coefficient (Wildman–Crippen LogP) is 3.50.